The predicted octanol–water partition coefficient (Wildman–Crippen LogP) is 5.36. The number of amides is 1. The zero-order valence-electron chi connectivity index (χ0n) is 15.3. The van der Waals surface area contributed by atoms with Crippen LogP contribution in [0.25, 0.3) is 11.1 Å². The molecule has 7 heteroatoms. The Hall–Kier alpha value is -2.70. The van der Waals surface area contributed by atoms with E-state index >= 15 is 0 Å². The van der Waals surface area contributed by atoms with Gasteiger partial charge in [0.05, 0.1) is 17.3 Å². The molecule has 0 saturated heterocycles. The lowest BCUT2D eigenvalue weighted by Crippen LogP contribution is -2.37. The number of nitrogens with one attached hydrogen (secondary N) is 1. The van der Waals surface area contributed by atoms with Gasteiger partial charge < -0.3 is 14.3 Å². The normalized spacial score (nSPS) is 15.8. The van der Waals surface area contributed by atoms with Gasteiger partial charge in [-0.05, 0) is 30.5 Å². The Morgan fingerprint density at radius 2 is 1.82 bits per heavy atom. The third-order valence-electron chi connectivity index (χ3n) is 5.32. The van der Waals surface area contributed by atoms with Crippen LogP contribution in [0.4, 0.5) is 13.2 Å². The van der Waals surface area contributed by atoms with E-state index in [4.69, 9.17) is 4.42 Å². The van der Waals surface area contributed by atoms with Crippen LogP contribution in [0.2, 0.25) is 0 Å². The van der Waals surface area contributed by atoms with Gasteiger partial charge in [-0.1, -0.05) is 31.4 Å². The summed E-state index contributed by atoms with van der Waals surface area (Å²) in [5, 5.41) is 3.09. The number of carbonyl (C=O) groups excluding carboxylic acids is 1. The molecule has 4 nitrogen and oxygen atoms in total. The highest BCUT2D eigenvalue weighted by molar-refractivity contribution is 5.97. The number of furan rings is 1. The van der Waals surface area contributed by atoms with E-state index in [2.05, 4.69) is 5.32 Å². The Bertz CT molecular complexity index is 964. The van der Waals surface area contributed by atoms with Crippen LogP contribution < -0.4 is 5.32 Å². The van der Waals surface area contributed by atoms with Crippen LogP contribution in [0.15, 0.2) is 47.1 Å². The van der Waals surface area contributed by atoms with E-state index in [1.54, 1.807) is 16.7 Å². The number of aromatic nitrogens is 1. The number of halogens is 3. The highest BCUT2D eigenvalue weighted by atomic mass is 19.4. The van der Waals surface area contributed by atoms with Crippen LogP contribution in [0.5, 0.6) is 0 Å². The predicted molar refractivity (Wildman–Crippen MR) is 99.1 cm³/mol. The summed E-state index contributed by atoms with van der Waals surface area (Å²) in [6.45, 7) is 0.286. The Morgan fingerprint density at radius 1 is 1.11 bits per heavy atom. The molecule has 1 fully saturated rings. The number of benzene rings is 1. The molecule has 1 N–H and O–H groups in total. The van der Waals surface area contributed by atoms with E-state index in [9.17, 15) is 18.0 Å². The van der Waals surface area contributed by atoms with Crippen molar-refractivity contribution in [1.29, 1.82) is 0 Å². The van der Waals surface area contributed by atoms with E-state index in [-0.39, 0.29) is 18.5 Å². The van der Waals surface area contributed by atoms with Crippen molar-refractivity contribution in [1.82, 2.24) is 9.88 Å². The molecule has 148 valence electrons. The number of carbonyl (C=O) groups is 1. The Labute approximate surface area is 160 Å². The molecule has 0 aliphatic heterocycles. The molecular weight excluding hydrogens is 369 g/mol. The smallest absolute Gasteiger partial charge is 0.416 e. The van der Waals surface area contributed by atoms with E-state index in [0.29, 0.717) is 16.8 Å². The molecule has 1 amide bonds. The summed E-state index contributed by atoms with van der Waals surface area (Å²) in [6.07, 6.45) is 2.54. The lowest BCUT2D eigenvalue weighted by atomic mass is 9.95. The monoisotopic (exact) mass is 390 g/mol. The van der Waals surface area contributed by atoms with Crippen LogP contribution in [0.3, 0.4) is 0 Å². The van der Waals surface area contributed by atoms with Gasteiger partial charge in [-0.25, -0.2) is 0 Å². The van der Waals surface area contributed by atoms with Gasteiger partial charge in [0.1, 0.15) is 5.69 Å². The quantitative estimate of drug-likeness (QED) is 0.652. The molecule has 28 heavy (non-hydrogen) atoms. The molecule has 1 aliphatic carbocycles. The maximum absolute atomic E-state index is 12.9. The Balaban J connectivity index is 1.60. The molecule has 1 aromatic carbocycles. The molecule has 0 radical (unpaired) electrons. The van der Waals surface area contributed by atoms with Gasteiger partial charge in [-0.15, -0.1) is 0 Å². The zero-order valence-corrected chi connectivity index (χ0v) is 15.3. The summed E-state index contributed by atoms with van der Waals surface area (Å²) >= 11 is 0. The van der Waals surface area contributed by atoms with Crippen molar-refractivity contribution in [3.63, 3.8) is 0 Å². The van der Waals surface area contributed by atoms with E-state index < -0.39 is 11.7 Å². The second-order valence-corrected chi connectivity index (χ2v) is 7.29. The molecule has 2 aromatic heterocycles. The van der Waals surface area contributed by atoms with Gasteiger partial charge in [0.25, 0.3) is 5.91 Å². The van der Waals surface area contributed by atoms with Crippen LogP contribution in [0, 0.1) is 0 Å². The molecule has 0 atom stereocenters. The molecule has 0 unspecified atom stereocenters. The van der Waals surface area contributed by atoms with E-state index in [1.807, 2.05) is 0 Å². The average Bonchev–Trinajstić information content (AvgIpc) is 3.25. The second kappa shape index (κ2) is 7.37. The summed E-state index contributed by atoms with van der Waals surface area (Å²) in [5.41, 5.74) is 1.78. The van der Waals surface area contributed by atoms with Crippen molar-refractivity contribution in [3.05, 3.63) is 59.5 Å². The fourth-order valence-electron chi connectivity index (χ4n) is 3.82. The SMILES string of the molecule is O=C(NC1CCCCC1)c1cc2occc2n1Cc1ccc(C(F)(F)F)cc1. The zero-order chi connectivity index (χ0) is 19.7. The van der Waals surface area contributed by atoms with Gasteiger partial charge in [0, 0.05) is 24.7 Å². The van der Waals surface area contributed by atoms with Crippen molar-refractivity contribution in [2.24, 2.45) is 0 Å². The third kappa shape index (κ3) is 3.79. The van der Waals surface area contributed by atoms with Gasteiger partial charge in [-0.2, -0.15) is 13.2 Å². The number of nitrogens with zero attached hydrogens (tertiary/aromatic N) is 1. The largest absolute Gasteiger partial charge is 0.463 e. The maximum atomic E-state index is 12.9. The first-order chi connectivity index (χ1) is 13.4. The van der Waals surface area contributed by atoms with E-state index in [1.165, 1.54) is 24.8 Å². The highest BCUT2D eigenvalue weighted by Gasteiger charge is 2.30. The topological polar surface area (TPSA) is 47.2 Å². The first-order valence-corrected chi connectivity index (χ1v) is 9.45. The summed E-state index contributed by atoms with van der Waals surface area (Å²) in [6, 6.07) is 8.63. The number of hydrogen-bond donors (Lipinski definition) is 1. The van der Waals surface area contributed by atoms with Crippen molar-refractivity contribution in [3.8, 4) is 0 Å². The molecule has 2 heterocycles. The number of rotatable bonds is 4. The molecule has 0 bridgehead atoms. The minimum absolute atomic E-state index is 0.168. The number of hydrogen-bond acceptors (Lipinski definition) is 2. The fourth-order valence-corrected chi connectivity index (χ4v) is 3.82. The Morgan fingerprint density at radius 3 is 2.50 bits per heavy atom. The third-order valence-corrected chi connectivity index (χ3v) is 5.32. The van der Waals surface area contributed by atoms with Crippen molar-refractivity contribution in [2.45, 2.75) is 50.9 Å². The summed E-state index contributed by atoms with van der Waals surface area (Å²) in [7, 11) is 0. The minimum atomic E-state index is -4.37. The summed E-state index contributed by atoms with van der Waals surface area (Å²) in [4.78, 5) is 12.9. The molecule has 1 saturated carbocycles. The molecule has 4 rings (SSSR count). The lowest BCUT2D eigenvalue weighted by molar-refractivity contribution is -0.137. The van der Waals surface area contributed by atoms with Crippen molar-refractivity contribution < 1.29 is 22.4 Å². The Kier molecular flexibility index (Phi) is 4.91. The van der Waals surface area contributed by atoms with Crippen LogP contribution >= 0.6 is 0 Å². The summed E-state index contributed by atoms with van der Waals surface area (Å²) < 4.78 is 45.6. The lowest BCUT2D eigenvalue weighted by Gasteiger charge is -2.23. The van der Waals surface area contributed by atoms with Crippen LogP contribution in [-0.2, 0) is 12.7 Å². The van der Waals surface area contributed by atoms with Crippen LogP contribution in [0.1, 0.15) is 53.7 Å². The maximum Gasteiger partial charge on any atom is 0.416 e. The van der Waals surface area contributed by atoms with Gasteiger partial charge in [0.2, 0.25) is 0 Å². The number of fused-ring (bicyclic) bond motifs is 1. The minimum Gasteiger partial charge on any atom is -0.463 e. The van der Waals surface area contributed by atoms with Crippen molar-refractivity contribution in [2.75, 3.05) is 0 Å². The van der Waals surface area contributed by atoms with Crippen molar-refractivity contribution >= 4 is 17.0 Å². The average molecular weight is 390 g/mol. The second-order valence-electron chi connectivity index (χ2n) is 7.29. The highest BCUT2D eigenvalue weighted by Crippen LogP contribution is 2.30. The van der Waals surface area contributed by atoms with Crippen LogP contribution in [-0.4, -0.2) is 16.5 Å². The molecule has 1 aliphatic rings. The fraction of sp³-hybridized carbons (Fsp3) is 0.381. The van der Waals surface area contributed by atoms with Gasteiger partial charge in [0.15, 0.2) is 5.58 Å². The van der Waals surface area contributed by atoms with Gasteiger partial charge in [-0.3, -0.25) is 4.79 Å². The van der Waals surface area contributed by atoms with Gasteiger partial charge >= 0.3 is 6.18 Å². The molecule has 3 aromatic rings. The first kappa shape index (κ1) is 18.7. The molecule has 0 spiro atoms. The summed E-state index contributed by atoms with van der Waals surface area (Å²) in [5.74, 6) is -0.176. The van der Waals surface area contributed by atoms with E-state index in [0.717, 1.165) is 43.3 Å². The number of alkyl halides is 3. The molecular formula is C21H21F3N2O2. The standard InChI is InChI=1S/C21H21F3N2O2/c22-21(23,24)15-8-6-14(7-9-15)13-26-17-10-11-28-19(17)12-18(26)20(27)25-16-4-2-1-3-5-16/h6-12,16H,1-5,13H2,(H,25,27). The first-order valence-electron chi connectivity index (χ1n) is 9.45.